The number of sulfonamides is 1. The van der Waals surface area contributed by atoms with Gasteiger partial charge in [0.05, 0.1) is 4.90 Å². The van der Waals surface area contributed by atoms with Crippen LogP contribution >= 0.6 is 0 Å². The Balaban J connectivity index is 2.34. The van der Waals surface area contributed by atoms with Crippen molar-refractivity contribution in [1.29, 1.82) is 0 Å². The fourth-order valence-electron chi connectivity index (χ4n) is 2.84. The maximum absolute atomic E-state index is 13.3. The van der Waals surface area contributed by atoms with Crippen LogP contribution in [0.25, 0.3) is 0 Å². The van der Waals surface area contributed by atoms with Gasteiger partial charge in [0.1, 0.15) is 5.60 Å². The van der Waals surface area contributed by atoms with Crippen molar-refractivity contribution in [2.45, 2.75) is 44.6 Å². The molecule has 2 aromatic carbocycles. The lowest BCUT2D eigenvalue weighted by Crippen LogP contribution is -2.43. The van der Waals surface area contributed by atoms with Crippen LogP contribution in [0.15, 0.2) is 72.1 Å². The highest BCUT2D eigenvalue weighted by Crippen LogP contribution is 2.23. The largest absolute Gasteiger partial charge is 0.443 e. The number of benzene rings is 2. The maximum atomic E-state index is 13.3. The Morgan fingerprint density at radius 2 is 1.65 bits per heavy atom. The number of aryl methyl sites for hydroxylation is 1. The Morgan fingerprint density at radius 1 is 1.06 bits per heavy atom. The number of amides is 1. The van der Waals surface area contributed by atoms with Gasteiger partial charge in [-0.1, -0.05) is 54.1 Å². The first-order valence-corrected chi connectivity index (χ1v) is 11.4. The minimum absolute atomic E-state index is 0.0101. The van der Waals surface area contributed by atoms with Crippen molar-refractivity contribution in [3.63, 3.8) is 0 Å². The van der Waals surface area contributed by atoms with E-state index in [1.807, 2.05) is 6.92 Å². The van der Waals surface area contributed by atoms with Gasteiger partial charge >= 0.3 is 6.09 Å². The molecule has 1 unspecified atom stereocenters. The van der Waals surface area contributed by atoms with Gasteiger partial charge in [-0.2, -0.15) is 4.31 Å². The van der Waals surface area contributed by atoms with Crippen LogP contribution in [0.1, 0.15) is 43.1 Å². The number of nitrogens with zero attached hydrogens (tertiary/aromatic N) is 1. The van der Waals surface area contributed by atoms with Gasteiger partial charge in [0, 0.05) is 24.4 Å². The van der Waals surface area contributed by atoms with Gasteiger partial charge in [-0.05, 0) is 39.8 Å². The summed E-state index contributed by atoms with van der Waals surface area (Å²) in [6, 6.07) is 14.9. The SMILES string of the molecule is C=CC(CC(=O)c1ccccc1)CN(C(=O)OC(C)(C)C)S(=O)(=O)c1ccc(C)cc1. The zero-order valence-electron chi connectivity index (χ0n) is 18.4. The van der Waals surface area contributed by atoms with Crippen molar-refractivity contribution in [2.24, 2.45) is 5.92 Å². The predicted molar refractivity (Wildman–Crippen MR) is 120 cm³/mol. The number of carbonyl (C=O) groups is 2. The van der Waals surface area contributed by atoms with E-state index in [1.54, 1.807) is 63.2 Å². The van der Waals surface area contributed by atoms with Crippen LogP contribution < -0.4 is 0 Å². The maximum Gasteiger partial charge on any atom is 0.424 e. The molecule has 166 valence electrons. The summed E-state index contributed by atoms with van der Waals surface area (Å²) >= 11 is 0. The summed E-state index contributed by atoms with van der Waals surface area (Å²) in [6.45, 7) is 10.3. The molecule has 0 saturated carbocycles. The van der Waals surface area contributed by atoms with E-state index in [1.165, 1.54) is 18.2 Å². The lowest BCUT2D eigenvalue weighted by molar-refractivity contribution is 0.0376. The molecular formula is C24H29NO5S. The summed E-state index contributed by atoms with van der Waals surface area (Å²) in [5.74, 6) is -0.747. The van der Waals surface area contributed by atoms with E-state index in [9.17, 15) is 18.0 Å². The van der Waals surface area contributed by atoms with E-state index >= 15 is 0 Å². The topological polar surface area (TPSA) is 80.8 Å². The predicted octanol–water partition coefficient (Wildman–Crippen LogP) is 5.00. The van der Waals surface area contributed by atoms with Gasteiger partial charge in [-0.3, -0.25) is 4.79 Å². The third-order valence-corrected chi connectivity index (χ3v) is 6.23. The molecule has 0 aromatic heterocycles. The molecule has 0 spiro atoms. The minimum atomic E-state index is -4.20. The molecule has 0 aliphatic heterocycles. The number of hydrogen-bond donors (Lipinski definition) is 0. The van der Waals surface area contributed by atoms with E-state index in [-0.39, 0.29) is 23.6 Å². The Bertz CT molecular complexity index is 1020. The van der Waals surface area contributed by atoms with E-state index in [4.69, 9.17) is 4.74 Å². The van der Waals surface area contributed by atoms with Crippen LogP contribution in [0.3, 0.4) is 0 Å². The molecule has 1 atom stereocenters. The molecule has 0 N–H and O–H groups in total. The van der Waals surface area contributed by atoms with Gasteiger partial charge in [0.25, 0.3) is 10.0 Å². The second-order valence-electron chi connectivity index (χ2n) is 8.32. The highest BCUT2D eigenvalue weighted by atomic mass is 32.2. The van der Waals surface area contributed by atoms with Gasteiger partial charge in [0.2, 0.25) is 0 Å². The Kier molecular flexibility index (Phi) is 7.79. The van der Waals surface area contributed by atoms with E-state index < -0.39 is 27.6 Å². The monoisotopic (exact) mass is 443 g/mol. The first kappa shape index (κ1) is 24.3. The smallest absolute Gasteiger partial charge is 0.424 e. The zero-order valence-corrected chi connectivity index (χ0v) is 19.2. The quantitative estimate of drug-likeness (QED) is 0.424. The number of ether oxygens (including phenoxy) is 1. The van der Waals surface area contributed by atoms with E-state index in [0.717, 1.165) is 5.56 Å². The Labute approximate surface area is 184 Å². The Morgan fingerprint density at radius 3 is 2.16 bits per heavy atom. The standard InChI is InChI=1S/C24H29NO5S/c1-6-19(16-22(26)20-10-8-7-9-11-20)17-25(23(27)30-24(3,4)5)31(28,29)21-14-12-18(2)13-15-21/h6-15,19H,1,16-17H2,2-5H3. The fourth-order valence-corrected chi connectivity index (χ4v) is 4.19. The average molecular weight is 444 g/mol. The highest BCUT2D eigenvalue weighted by Gasteiger charge is 2.34. The molecule has 2 aromatic rings. The summed E-state index contributed by atoms with van der Waals surface area (Å²) in [4.78, 5) is 25.5. The van der Waals surface area contributed by atoms with E-state index in [2.05, 4.69) is 6.58 Å². The first-order chi connectivity index (χ1) is 14.4. The molecule has 0 radical (unpaired) electrons. The second-order valence-corrected chi connectivity index (χ2v) is 10.2. The molecule has 1 amide bonds. The van der Waals surface area contributed by atoms with Crippen molar-refractivity contribution in [1.82, 2.24) is 4.31 Å². The highest BCUT2D eigenvalue weighted by molar-refractivity contribution is 7.89. The number of hydrogen-bond acceptors (Lipinski definition) is 5. The van der Waals surface area contributed by atoms with Crippen LogP contribution in [0, 0.1) is 12.8 Å². The molecule has 6 nitrogen and oxygen atoms in total. The molecule has 0 saturated heterocycles. The average Bonchev–Trinajstić information content (AvgIpc) is 2.70. The van der Waals surface area contributed by atoms with Gasteiger partial charge in [-0.15, -0.1) is 6.58 Å². The number of ketones is 1. The van der Waals surface area contributed by atoms with Crippen LogP contribution in [0.4, 0.5) is 4.79 Å². The minimum Gasteiger partial charge on any atom is -0.443 e. The summed E-state index contributed by atoms with van der Waals surface area (Å²) < 4.78 is 32.6. The molecule has 0 aliphatic rings. The molecule has 0 fully saturated rings. The van der Waals surface area contributed by atoms with Crippen LogP contribution in [0.5, 0.6) is 0 Å². The van der Waals surface area contributed by atoms with Crippen molar-refractivity contribution in [3.8, 4) is 0 Å². The summed E-state index contributed by atoms with van der Waals surface area (Å²) in [5, 5.41) is 0. The molecule has 0 heterocycles. The summed E-state index contributed by atoms with van der Waals surface area (Å²) in [7, 11) is -4.20. The zero-order chi connectivity index (χ0) is 23.2. The third kappa shape index (κ3) is 6.79. The fraction of sp³-hybridized carbons (Fsp3) is 0.333. The molecule has 7 heteroatoms. The van der Waals surface area contributed by atoms with Crippen LogP contribution in [-0.4, -0.2) is 36.7 Å². The van der Waals surface area contributed by atoms with E-state index in [0.29, 0.717) is 9.87 Å². The molecule has 0 bridgehead atoms. The third-order valence-electron chi connectivity index (χ3n) is 4.48. The van der Waals surface area contributed by atoms with Crippen molar-refractivity contribution >= 4 is 21.9 Å². The van der Waals surface area contributed by atoms with Gasteiger partial charge in [-0.25, -0.2) is 13.2 Å². The summed E-state index contributed by atoms with van der Waals surface area (Å²) in [5.41, 5.74) is 0.515. The molecule has 31 heavy (non-hydrogen) atoms. The first-order valence-electron chi connectivity index (χ1n) is 9.97. The van der Waals surface area contributed by atoms with Crippen molar-refractivity contribution < 1.29 is 22.7 Å². The second kappa shape index (κ2) is 9.92. The Hall–Kier alpha value is -2.93. The van der Waals surface area contributed by atoms with Gasteiger partial charge in [0.15, 0.2) is 5.78 Å². The summed E-state index contributed by atoms with van der Waals surface area (Å²) in [6.07, 6.45) is 0.506. The lowest BCUT2D eigenvalue weighted by Gasteiger charge is -2.29. The van der Waals surface area contributed by atoms with Gasteiger partial charge < -0.3 is 4.74 Å². The molecular weight excluding hydrogens is 414 g/mol. The van der Waals surface area contributed by atoms with Crippen molar-refractivity contribution in [2.75, 3.05) is 6.54 Å². The van der Waals surface area contributed by atoms with Crippen molar-refractivity contribution in [3.05, 3.63) is 78.4 Å². The number of carbonyl (C=O) groups excluding carboxylic acids is 2. The van der Waals surface area contributed by atoms with Crippen LogP contribution in [0.2, 0.25) is 0 Å². The lowest BCUT2D eigenvalue weighted by atomic mass is 9.98. The molecule has 0 aliphatic carbocycles. The van der Waals surface area contributed by atoms with Crippen LogP contribution in [-0.2, 0) is 14.8 Å². The molecule has 2 rings (SSSR count). The number of Topliss-reactive ketones (excluding diaryl/α,β-unsaturated/α-hetero) is 1. The number of rotatable bonds is 8. The normalized spacial score (nSPS) is 12.6.